The smallest absolute Gasteiger partial charge is 0.223 e. The van der Waals surface area contributed by atoms with Crippen LogP contribution in [0.3, 0.4) is 0 Å². The number of hydrogen-bond donors (Lipinski definition) is 1. The van der Waals surface area contributed by atoms with Gasteiger partial charge in [-0.3, -0.25) is 0 Å². The molecule has 0 saturated carbocycles. The Morgan fingerprint density at radius 1 is 1.50 bits per heavy atom. The van der Waals surface area contributed by atoms with E-state index in [-0.39, 0.29) is 5.95 Å². The lowest BCUT2D eigenvalue weighted by molar-refractivity contribution is 0.323. The summed E-state index contributed by atoms with van der Waals surface area (Å²) in [6, 6.07) is 0. The first kappa shape index (κ1) is 8.77. The van der Waals surface area contributed by atoms with E-state index in [0.717, 1.165) is 12.0 Å². The Hall–Kier alpha value is -1.32. The number of nitrogen functional groups attached to an aromatic ring is 1. The Labute approximate surface area is 71.8 Å². The highest BCUT2D eigenvalue weighted by Crippen LogP contribution is 2.15. The maximum Gasteiger partial charge on any atom is 0.223 e. The highest BCUT2D eigenvalue weighted by atomic mass is 16.5. The number of nitrogens with zero attached hydrogens (tertiary/aromatic N) is 2. The van der Waals surface area contributed by atoms with Crippen molar-refractivity contribution >= 4 is 5.95 Å². The van der Waals surface area contributed by atoms with Crippen molar-refractivity contribution in [3.8, 4) is 5.88 Å². The van der Waals surface area contributed by atoms with E-state index in [2.05, 4.69) is 9.97 Å². The lowest BCUT2D eigenvalue weighted by Crippen LogP contribution is -2.03. The second-order valence-corrected chi connectivity index (χ2v) is 2.35. The van der Waals surface area contributed by atoms with Gasteiger partial charge in [0.2, 0.25) is 11.8 Å². The molecule has 0 aliphatic carbocycles. The summed E-state index contributed by atoms with van der Waals surface area (Å²) < 4.78 is 5.28. The molecule has 0 spiro atoms. The molecule has 0 fully saturated rings. The largest absolute Gasteiger partial charge is 0.478 e. The van der Waals surface area contributed by atoms with Crippen molar-refractivity contribution in [1.29, 1.82) is 0 Å². The summed E-state index contributed by atoms with van der Waals surface area (Å²) in [5.41, 5.74) is 6.40. The Morgan fingerprint density at radius 3 is 2.83 bits per heavy atom. The molecule has 0 bridgehead atoms. The number of nitrogens with two attached hydrogens (primary N) is 1. The quantitative estimate of drug-likeness (QED) is 0.730. The van der Waals surface area contributed by atoms with Crippen LogP contribution in [0.2, 0.25) is 0 Å². The van der Waals surface area contributed by atoms with E-state index in [1.165, 1.54) is 0 Å². The summed E-state index contributed by atoms with van der Waals surface area (Å²) in [5.74, 6) is 0.864. The molecule has 1 rings (SSSR count). The van der Waals surface area contributed by atoms with E-state index in [0.29, 0.717) is 12.5 Å². The third-order valence-corrected chi connectivity index (χ3v) is 1.51. The first-order valence-corrected chi connectivity index (χ1v) is 4.02. The maximum absolute atomic E-state index is 5.41. The molecule has 0 unspecified atom stereocenters. The number of anilines is 1. The lowest BCUT2D eigenvalue weighted by atomic mass is 10.2. The van der Waals surface area contributed by atoms with Gasteiger partial charge in [0.15, 0.2) is 0 Å². The minimum absolute atomic E-state index is 0.260. The van der Waals surface area contributed by atoms with Gasteiger partial charge >= 0.3 is 0 Å². The minimum Gasteiger partial charge on any atom is -0.478 e. The lowest BCUT2D eigenvalue weighted by Gasteiger charge is -2.06. The zero-order chi connectivity index (χ0) is 8.97. The average molecular weight is 167 g/mol. The topological polar surface area (TPSA) is 61.0 Å². The van der Waals surface area contributed by atoms with Gasteiger partial charge in [-0.1, -0.05) is 6.92 Å². The predicted octanol–water partition coefficient (Wildman–Crippen LogP) is 1.02. The normalized spacial score (nSPS) is 9.83. The summed E-state index contributed by atoms with van der Waals surface area (Å²) in [6.07, 6.45) is 2.56. The van der Waals surface area contributed by atoms with Gasteiger partial charge < -0.3 is 10.5 Å². The van der Waals surface area contributed by atoms with Crippen LogP contribution in [-0.2, 0) is 6.42 Å². The van der Waals surface area contributed by atoms with Crippen molar-refractivity contribution in [2.24, 2.45) is 0 Å². The van der Waals surface area contributed by atoms with Crippen molar-refractivity contribution in [3.05, 3.63) is 11.8 Å². The van der Waals surface area contributed by atoms with Crippen LogP contribution < -0.4 is 10.5 Å². The van der Waals surface area contributed by atoms with Crippen molar-refractivity contribution in [1.82, 2.24) is 9.97 Å². The fraction of sp³-hybridized carbons (Fsp3) is 0.500. The van der Waals surface area contributed by atoms with E-state index in [1.54, 1.807) is 6.20 Å². The van der Waals surface area contributed by atoms with Gasteiger partial charge in [0.1, 0.15) is 0 Å². The van der Waals surface area contributed by atoms with Crippen molar-refractivity contribution in [2.75, 3.05) is 12.3 Å². The number of rotatable bonds is 3. The first-order chi connectivity index (χ1) is 5.77. The molecule has 4 nitrogen and oxygen atoms in total. The molecule has 0 atom stereocenters. The molecule has 12 heavy (non-hydrogen) atoms. The molecule has 0 radical (unpaired) electrons. The summed E-state index contributed by atoms with van der Waals surface area (Å²) in [6.45, 7) is 4.54. The third kappa shape index (κ3) is 1.84. The number of aryl methyl sites for hydroxylation is 1. The van der Waals surface area contributed by atoms with Crippen LogP contribution in [0.1, 0.15) is 19.4 Å². The zero-order valence-electron chi connectivity index (χ0n) is 7.37. The molecule has 2 N–H and O–H groups in total. The van der Waals surface area contributed by atoms with E-state index in [4.69, 9.17) is 10.5 Å². The molecule has 0 saturated heterocycles. The van der Waals surface area contributed by atoms with Crippen LogP contribution in [0.4, 0.5) is 5.95 Å². The zero-order valence-corrected chi connectivity index (χ0v) is 7.37. The monoisotopic (exact) mass is 167 g/mol. The van der Waals surface area contributed by atoms with Crippen molar-refractivity contribution < 1.29 is 4.74 Å². The fourth-order valence-corrected chi connectivity index (χ4v) is 0.908. The first-order valence-electron chi connectivity index (χ1n) is 4.02. The maximum atomic E-state index is 5.41. The van der Waals surface area contributed by atoms with Crippen molar-refractivity contribution in [3.63, 3.8) is 0 Å². The van der Waals surface area contributed by atoms with Crippen LogP contribution in [-0.4, -0.2) is 16.6 Å². The fourth-order valence-electron chi connectivity index (χ4n) is 0.908. The number of aromatic nitrogens is 2. The highest BCUT2D eigenvalue weighted by molar-refractivity contribution is 5.29. The van der Waals surface area contributed by atoms with Gasteiger partial charge in [-0.05, 0) is 13.3 Å². The number of ether oxygens (including phenoxy) is 1. The average Bonchev–Trinajstić information content (AvgIpc) is 2.05. The highest BCUT2D eigenvalue weighted by Gasteiger charge is 2.03. The summed E-state index contributed by atoms with van der Waals surface area (Å²) >= 11 is 0. The van der Waals surface area contributed by atoms with Crippen LogP contribution in [0.15, 0.2) is 6.20 Å². The second-order valence-electron chi connectivity index (χ2n) is 2.35. The van der Waals surface area contributed by atoms with Gasteiger partial charge in [-0.2, -0.15) is 4.98 Å². The molecular formula is C8H13N3O. The van der Waals surface area contributed by atoms with E-state index in [9.17, 15) is 0 Å². The SMILES string of the molecule is CCOc1nc(N)ncc1CC. The van der Waals surface area contributed by atoms with E-state index in [1.807, 2.05) is 13.8 Å². The summed E-state index contributed by atoms with van der Waals surface area (Å²) in [5, 5.41) is 0. The molecule has 66 valence electrons. The van der Waals surface area contributed by atoms with Crippen molar-refractivity contribution in [2.45, 2.75) is 20.3 Å². The minimum atomic E-state index is 0.260. The molecule has 0 aromatic carbocycles. The van der Waals surface area contributed by atoms with Crippen LogP contribution in [0, 0.1) is 0 Å². The molecule has 1 heterocycles. The van der Waals surface area contributed by atoms with E-state index < -0.39 is 0 Å². The molecule has 4 heteroatoms. The Bertz CT molecular complexity index is 262. The van der Waals surface area contributed by atoms with Crippen LogP contribution >= 0.6 is 0 Å². The molecule has 0 aliphatic rings. The molecular weight excluding hydrogens is 154 g/mol. The standard InChI is InChI=1S/C8H13N3O/c1-3-6-5-10-8(9)11-7(6)12-4-2/h5H,3-4H2,1-2H3,(H2,9,10,11). The Morgan fingerprint density at radius 2 is 2.25 bits per heavy atom. The van der Waals surface area contributed by atoms with Gasteiger partial charge in [-0.15, -0.1) is 0 Å². The van der Waals surface area contributed by atoms with Gasteiger partial charge in [0.05, 0.1) is 6.61 Å². The van der Waals surface area contributed by atoms with Crippen LogP contribution in [0.25, 0.3) is 0 Å². The summed E-state index contributed by atoms with van der Waals surface area (Å²) in [7, 11) is 0. The van der Waals surface area contributed by atoms with Gasteiger partial charge in [0.25, 0.3) is 0 Å². The Balaban J connectivity index is 2.95. The van der Waals surface area contributed by atoms with Gasteiger partial charge in [-0.25, -0.2) is 4.98 Å². The second kappa shape index (κ2) is 3.90. The number of hydrogen-bond acceptors (Lipinski definition) is 4. The predicted molar refractivity (Wildman–Crippen MR) is 47.0 cm³/mol. The van der Waals surface area contributed by atoms with Crippen LogP contribution in [0.5, 0.6) is 5.88 Å². The molecule has 1 aromatic heterocycles. The summed E-state index contributed by atoms with van der Waals surface area (Å²) in [4.78, 5) is 7.86. The molecule has 0 aliphatic heterocycles. The van der Waals surface area contributed by atoms with Gasteiger partial charge in [0, 0.05) is 11.8 Å². The molecule has 1 aromatic rings. The molecule has 0 amide bonds. The third-order valence-electron chi connectivity index (χ3n) is 1.51. The Kier molecular flexibility index (Phi) is 2.85. The van der Waals surface area contributed by atoms with E-state index >= 15 is 0 Å².